The van der Waals surface area contributed by atoms with E-state index < -0.39 is 28.5 Å². The van der Waals surface area contributed by atoms with Gasteiger partial charge in [0, 0.05) is 13.1 Å². The molecule has 41 heavy (non-hydrogen) atoms. The molecule has 0 spiro atoms. The third-order valence-corrected chi connectivity index (χ3v) is 8.30. The number of hydrogen-bond donors (Lipinski definition) is 1. The van der Waals surface area contributed by atoms with E-state index in [4.69, 9.17) is 9.47 Å². The summed E-state index contributed by atoms with van der Waals surface area (Å²) in [6.07, 6.45) is 1.71. The highest BCUT2D eigenvalue weighted by atomic mass is 32.2. The summed E-state index contributed by atoms with van der Waals surface area (Å²) in [5.74, 6) is 0.0690. The Balaban J connectivity index is 2.05. The lowest BCUT2D eigenvalue weighted by atomic mass is 10.1. The monoisotopic (exact) mass is 581 g/mol. The molecular weight excluding hydrogens is 542 g/mol. The van der Waals surface area contributed by atoms with Crippen LogP contribution in [0.15, 0.2) is 83.8 Å². The summed E-state index contributed by atoms with van der Waals surface area (Å²) in [4.78, 5) is 28.6. The zero-order chi connectivity index (χ0) is 29.8. The Kier molecular flexibility index (Phi) is 11.6. The Hall–Kier alpha value is -4.05. The molecule has 3 aromatic rings. The van der Waals surface area contributed by atoms with Crippen LogP contribution in [0, 0.1) is 0 Å². The number of nitrogens with one attached hydrogen (secondary N) is 1. The van der Waals surface area contributed by atoms with Gasteiger partial charge in [0.05, 0.1) is 24.3 Å². The summed E-state index contributed by atoms with van der Waals surface area (Å²) in [5, 5.41) is 2.88. The number of anilines is 1. The van der Waals surface area contributed by atoms with Crippen molar-refractivity contribution in [2.45, 2.75) is 51.1 Å². The number of carbonyl (C=O) groups excluding carboxylic acids is 2. The Morgan fingerprint density at radius 3 is 2.34 bits per heavy atom. The van der Waals surface area contributed by atoms with Crippen LogP contribution in [-0.4, -0.2) is 58.0 Å². The summed E-state index contributed by atoms with van der Waals surface area (Å²) in [5.41, 5.74) is 0.964. The fourth-order valence-corrected chi connectivity index (χ4v) is 5.71. The first-order valence-corrected chi connectivity index (χ1v) is 15.2. The predicted octanol–water partition coefficient (Wildman–Crippen LogP) is 4.62. The molecule has 10 heteroatoms. The van der Waals surface area contributed by atoms with Crippen molar-refractivity contribution in [1.29, 1.82) is 0 Å². The number of carbonyl (C=O) groups is 2. The topological polar surface area (TPSA) is 105 Å². The van der Waals surface area contributed by atoms with Crippen LogP contribution < -0.4 is 19.1 Å². The lowest BCUT2D eigenvalue weighted by Crippen LogP contribution is -2.51. The number of methoxy groups -OCH3 is 1. The minimum atomic E-state index is -4.19. The van der Waals surface area contributed by atoms with E-state index in [1.165, 1.54) is 17.0 Å². The Bertz CT molecular complexity index is 1400. The van der Waals surface area contributed by atoms with Crippen molar-refractivity contribution in [1.82, 2.24) is 10.2 Å². The van der Waals surface area contributed by atoms with Crippen LogP contribution in [0.25, 0.3) is 0 Å². The smallest absolute Gasteiger partial charge is 0.264 e. The molecule has 220 valence electrons. The standard InChI is InChI=1S/C31H39N3O6S/c1-5-7-20-32-31(36)24(3)33(22-25-14-13-15-26(21-25)39-4)30(35)23-34(28-18-11-12-19-29(28)40-6-2)41(37,38)27-16-9-8-10-17-27/h8-19,21,24H,5-7,20,22-23H2,1-4H3,(H,32,36)/t24-/m0/s1. The van der Waals surface area contributed by atoms with E-state index in [-0.39, 0.29) is 23.0 Å². The van der Waals surface area contributed by atoms with Crippen molar-refractivity contribution in [2.75, 3.05) is 31.1 Å². The lowest BCUT2D eigenvalue weighted by molar-refractivity contribution is -0.139. The molecule has 0 bridgehead atoms. The van der Waals surface area contributed by atoms with Crippen LogP contribution in [0.5, 0.6) is 11.5 Å². The van der Waals surface area contributed by atoms with Crippen LogP contribution in [0.2, 0.25) is 0 Å². The summed E-state index contributed by atoms with van der Waals surface area (Å²) < 4.78 is 40.1. The zero-order valence-electron chi connectivity index (χ0n) is 24.1. The Labute approximate surface area is 243 Å². The first kappa shape index (κ1) is 31.5. The zero-order valence-corrected chi connectivity index (χ0v) is 24.9. The number of amides is 2. The molecule has 0 heterocycles. The van der Waals surface area contributed by atoms with Crippen LogP contribution in [-0.2, 0) is 26.2 Å². The van der Waals surface area contributed by atoms with E-state index in [1.807, 2.05) is 13.0 Å². The number of unbranched alkanes of at least 4 members (excludes halogenated alkanes) is 1. The fourth-order valence-electron chi connectivity index (χ4n) is 4.26. The molecular formula is C31H39N3O6S. The predicted molar refractivity (Wildman–Crippen MR) is 160 cm³/mol. The van der Waals surface area contributed by atoms with Crippen molar-refractivity contribution in [3.63, 3.8) is 0 Å². The van der Waals surface area contributed by atoms with Gasteiger partial charge in [0.1, 0.15) is 24.1 Å². The van der Waals surface area contributed by atoms with Gasteiger partial charge in [-0.05, 0) is 62.2 Å². The van der Waals surface area contributed by atoms with E-state index in [0.29, 0.717) is 24.7 Å². The van der Waals surface area contributed by atoms with E-state index in [0.717, 1.165) is 22.7 Å². The molecule has 0 aliphatic carbocycles. The maximum absolute atomic E-state index is 14.1. The van der Waals surface area contributed by atoms with Gasteiger partial charge in [-0.3, -0.25) is 13.9 Å². The second-order valence-electron chi connectivity index (χ2n) is 9.42. The molecule has 1 N–H and O–H groups in total. The SMILES string of the molecule is CCCCNC(=O)[C@H](C)N(Cc1cccc(OC)c1)C(=O)CN(c1ccccc1OCC)S(=O)(=O)c1ccccc1. The number of sulfonamides is 1. The first-order valence-electron chi connectivity index (χ1n) is 13.7. The maximum Gasteiger partial charge on any atom is 0.264 e. The molecule has 0 saturated carbocycles. The largest absolute Gasteiger partial charge is 0.497 e. The quantitative estimate of drug-likeness (QED) is 0.263. The molecule has 0 aromatic heterocycles. The van der Waals surface area contributed by atoms with E-state index in [1.54, 1.807) is 81.6 Å². The molecule has 0 aliphatic rings. The second-order valence-corrected chi connectivity index (χ2v) is 11.3. The molecule has 2 amide bonds. The van der Waals surface area contributed by atoms with Gasteiger partial charge in [-0.2, -0.15) is 0 Å². The van der Waals surface area contributed by atoms with Crippen molar-refractivity contribution < 1.29 is 27.5 Å². The molecule has 0 fully saturated rings. The van der Waals surface area contributed by atoms with Gasteiger partial charge < -0.3 is 19.7 Å². The lowest BCUT2D eigenvalue weighted by Gasteiger charge is -2.32. The molecule has 0 aliphatic heterocycles. The van der Waals surface area contributed by atoms with Crippen molar-refractivity contribution in [3.8, 4) is 11.5 Å². The summed E-state index contributed by atoms with van der Waals surface area (Å²) in [6, 6.07) is 20.9. The Morgan fingerprint density at radius 1 is 0.951 bits per heavy atom. The van der Waals surface area contributed by atoms with Gasteiger partial charge in [0.25, 0.3) is 10.0 Å². The molecule has 3 rings (SSSR count). The highest BCUT2D eigenvalue weighted by molar-refractivity contribution is 7.92. The molecule has 0 unspecified atom stereocenters. The van der Waals surface area contributed by atoms with Gasteiger partial charge >= 0.3 is 0 Å². The number of para-hydroxylation sites is 2. The van der Waals surface area contributed by atoms with Gasteiger partial charge in [0.2, 0.25) is 11.8 Å². The van der Waals surface area contributed by atoms with E-state index in [2.05, 4.69) is 5.32 Å². The summed E-state index contributed by atoms with van der Waals surface area (Å²) >= 11 is 0. The first-order chi connectivity index (χ1) is 19.7. The second kappa shape index (κ2) is 15.1. The Morgan fingerprint density at radius 2 is 1.66 bits per heavy atom. The summed E-state index contributed by atoms with van der Waals surface area (Å²) in [6.45, 7) is 5.78. The average Bonchev–Trinajstić information content (AvgIpc) is 2.99. The van der Waals surface area contributed by atoms with Crippen LogP contribution >= 0.6 is 0 Å². The van der Waals surface area contributed by atoms with Crippen LogP contribution in [0.4, 0.5) is 5.69 Å². The third-order valence-electron chi connectivity index (χ3n) is 6.53. The number of nitrogens with zero attached hydrogens (tertiary/aromatic N) is 2. The third kappa shape index (κ3) is 8.23. The number of ether oxygens (including phenoxy) is 2. The van der Waals surface area contributed by atoms with Crippen molar-refractivity contribution >= 4 is 27.5 Å². The molecule has 0 radical (unpaired) electrons. The number of benzene rings is 3. The van der Waals surface area contributed by atoms with Gasteiger partial charge in [0.15, 0.2) is 0 Å². The number of rotatable bonds is 15. The average molecular weight is 582 g/mol. The number of hydrogen-bond acceptors (Lipinski definition) is 6. The normalized spacial score (nSPS) is 11.8. The molecule has 3 aromatic carbocycles. The summed E-state index contributed by atoms with van der Waals surface area (Å²) in [7, 11) is -2.64. The molecule has 0 saturated heterocycles. The molecule has 1 atom stereocenters. The minimum absolute atomic E-state index is 0.0313. The van der Waals surface area contributed by atoms with E-state index in [9.17, 15) is 18.0 Å². The maximum atomic E-state index is 14.1. The van der Waals surface area contributed by atoms with E-state index >= 15 is 0 Å². The minimum Gasteiger partial charge on any atom is -0.497 e. The van der Waals surface area contributed by atoms with Crippen LogP contribution in [0.1, 0.15) is 39.2 Å². The van der Waals surface area contributed by atoms with Crippen molar-refractivity contribution in [2.24, 2.45) is 0 Å². The van der Waals surface area contributed by atoms with Gasteiger partial charge in [-0.25, -0.2) is 8.42 Å². The van der Waals surface area contributed by atoms with Gasteiger partial charge in [-0.1, -0.05) is 55.8 Å². The fraction of sp³-hybridized carbons (Fsp3) is 0.355. The highest BCUT2D eigenvalue weighted by Gasteiger charge is 2.33. The van der Waals surface area contributed by atoms with Crippen molar-refractivity contribution in [3.05, 3.63) is 84.4 Å². The van der Waals surface area contributed by atoms with Crippen LogP contribution in [0.3, 0.4) is 0 Å². The highest BCUT2D eigenvalue weighted by Crippen LogP contribution is 2.33. The van der Waals surface area contributed by atoms with Gasteiger partial charge in [-0.15, -0.1) is 0 Å². The molecule has 9 nitrogen and oxygen atoms in total.